The molecule has 1 heterocycles. The summed E-state index contributed by atoms with van der Waals surface area (Å²) in [7, 11) is 0. The summed E-state index contributed by atoms with van der Waals surface area (Å²) in [6.45, 7) is 11.4. The zero-order chi connectivity index (χ0) is 15.6. The third kappa shape index (κ3) is 7.50. The van der Waals surface area contributed by atoms with Gasteiger partial charge in [-0.05, 0) is 25.0 Å². The van der Waals surface area contributed by atoms with Crippen molar-refractivity contribution >= 4 is 29.9 Å². The van der Waals surface area contributed by atoms with Gasteiger partial charge in [-0.25, -0.2) is 4.99 Å². The Bertz CT molecular complexity index is 450. The number of hydrogen-bond acceptors (Lipinski definition) is 3. The van der Waals surface area contributed by atoms with Gasteiger partial charge in [0, 0.05) is 32.7 Å². The van der Waals surface area contributed by atoms with Crippen LogP contribution in [0.3, 0.4) is 0 Å². The summed E-state index contributed by atoms with van der Waals surface area (Å²) >= 11 is 0. The van der Waals surface area contributed by atoms with Crippen LogP contribution < -0.4 is 10.6 Å². The minimum absolute atomic E-state index is 0. The minimum atomic E-state index is 0. The molecule has 2 rings (SSSR count). The lowest BCUT2D eigenvalue weighted by atomic mass is 10.1. The Morgan fingerprint density at radius 2 is 1.61 bits per heavy atom. The molecule has 0 unspecified atom stereocenters. The first-order valence-electron chi connectivity index (χ1n) is 8.22. The first kappa shape index (κ1) is 20.2. The molecule has 1 aliphatic rings. The highest BCUT2D eigenvalue weighted by Gasteiger charge is 2.10. The van der Waals surface area contributed by atoms with Crippen LogP contribution in [0.5, 0.6) is 0 Å². The monoisotopic (exact) mass is 432 g/mol. The Hall–Kier alpha value is -0.860. The number of aliphatic imine (C=N–C) groups is 1. The molecule has 0 aromatic heterocycles. The maximum absolute atomic E-state index is 5.38. The molecule has 2 N–H and O–H groups in total. The van der Waals surface area contributed by atoms with E-state index in [1.165, 1.54) is 11.1 Å². The van der Waals surface area contributed by atoms with Crippen LogP contribution in [0.2, 0.25) is 0 Å². The van der Waals surface area contributed by atoms with Gasteiger partial charge in [-0.2, -0.15) is 0 Å². The van der Waals surface area contributed by atoms with Crippen molar-refractivity contribution in [1.82, 2.24) is 15.5 Å². The summed E-state index contributed by atoms with van der Waals surface area (Å²) in [4.78, 5) is 7.02. The molecule has 0 amide bonds. The first-order chi connectivity index (χ1) is 10.8. The van der Waals surface area contributed by atoms with Crippen LogP contribution >= 0.6 is 24.0 Å². The van der Waals surface area contributed by atoms with E-state index in [2.05, 4.69) is 58.6 Å². The number of morpholine rings is 1. The van der Waals surface area contributed by atoms with Crippen LogP contribution in [0.4, 0.5) is 0 Å². The predicted molar refractivity (Wildman–Crippen MR) is 106 cm³/mol. The third-order valence-corrected chi connectivity index (χ3v) is 3.64. The van der Waals surface area contributed by atoms with Crippen molar-refractivity contribution in [2.24, 2.45) is 4.99 Å². The number of nitrogens with one attached hydrogen (secondary N) is 2. The van der Waals surface area contributed by atoms with Crippen LogP contribution in [0.15, 0.2) is 29.3 Å². The topological polar surface area (TPSA) is 48.9 Å². The standard InChI is InChI=1S/C17H28N4O.HI/c1-3-18-17(19-4-2)20-13-15-5-7-16(8-6-15)14-21-9-11-22-12-10-21;/h5-8H,3-4,9-14H2,1-2H3,(H2,18,19,20);1H. The normalized spacial score (nSPS) is 14.7. The lowest BCUT2D eigenvalue weighted by Gasteiger charge is -2.26. The minimum Gasteiger partial charge on any atom is -0.379 e. The van der Waals surface area contributed by atoms with E-state index in [1.807, 2.05) is 0 Å². The highest BCUT2D eigenvalue weighted by molar-refractivity contribution is 14.0. The molecule has 0 aliphatic carbocycles. The Balaban J connectivity index is 0.00000264. The second kappa shape index (κ2) is 11.6. The van der Waals surface area contributed by atoms with Crippen molar-refractivity contribution in [1.29, 1.82) is 0 Å². The number of nitrogens with zero attached hydrogens (tertiary/aromatic N) is 2. The van der Waals surface area contributed by atoms with Gasteiger partial charge in [0.1, 0.15) is 0 Å². The van der Waals surface area contributed by atoms with Gasteiger partial charge in [0.2, 0.25) is 0 Å². The van der Waals surface area contributed by atoms with Gasteiger partial charge in [-0.3, -0.25) is 4.90 Å². The fourth-order valence-corrected chi connectivity index (χ4v) is 2.45. The number of halogens is 1. The molecule has 1 aliphatic heterocycles. The second-order valence-corrected chi connectivity index (χ2v) is 5.43. The smallest absolute Gasteiger partial charge is 0.191 e. The maximum Gasteiger partial charge on any atom is 0.191 e. The Kier molecular flexibility index (Phi) is 10.2. The van der Waals surface area contributed by atoms with Gasteiger partial charge in [0.25, 0.3) is 0 Å². The van der Waals surface area contributed by atoms with Crippen molar-refractivity contribution in [3.63, 3.8) is 0 Å². The highest BCUT2D eigenvalue weighted by atomic mass is 127. The fraction of sp³-hybridized carbons (Fsp3) is 0.588. The van der Waals surface area contributed by atoms with E-state index in [4.69, 9.17) is 4.74 Å². The van der Waals surface area contributed by atoms with Crippen LogP contribution in [-0.4, -0.2) is 50.3 Å². The lowest BCUT2D eigenvalue weighted by molar-refractivity contribution is 0.0342. The lowest BCUT2D eigenvalue weighted by Crippen LogP contribution is -2.36. The van der Waals surface area contributed by atoms with Crippen molar-refractivity contribution in [2.75, 3.05) is 39.4 Å². The van der Waals surface area contributed by atoms with E-state index in [0.29, 0.717) is 6.54 Å². The SMILES string of the molecule is CCNC(=NCc1ccc(CN2CCOCC2)cc1)NCC.I. The largest absolute Gasteiger partial charge is 0.379 e. The number of ether oxygens (including phenoxy) is 1. The maximum atomic E-state index is 5.38. The molecular formula is C17H29IN4O. The molecule has 6 heteroatoms. The van der Waals surface area contributed by atoms with Crippen LogP contribution in [-0.2, 0) is 17.8 Å². The summed E-state index contributed by atoms with van der Waals surface area (Å²) in [5, 5.41) is 6.48. The van der Waals surface area contributed by atoms with Gasteiger partial charge < -0.3 is 15.4 Å². The van der Waals surface area contributed by atoms with E-state index in [1.54, 1.807) is 0 Å². The average Bonchev–Trinajstić information content (AvgIpc) is 2.55. The fourth-order valence-electron chi connectivity index (χ4n) is 2.45. The number of hydrogen-bond donors (Lipinski definition) is 2. The molecule has 1 saturated heterocycles. The number of benzene rings is 1. The molecule has 5 nitrogen and oxygen atoms in total. The molecule has 1 aromatic carbocycles. The van der Waals surface area contributed by atoms with Crippen molar-refractivity contribution in [3.05, 3.63) is 35.4 Å². The summed E-state index contributed by atoms with van der Waals surface area (Å²) in [5.41, 5.74) is 2.59. The van der Waals surface area contributed by atoms with Gasteiger partial charge in [-0.1, -0.05) is 24.3 Å². The van der Waals surface area contributed by atoms with E-state index >= 15 is 0 Å². The van der Waals surface area contributed by atoms with Crippen LogP contribution in [0.25, 0.3) is 0 Å². The highest BCUT2D eigenvalue weighted by Crippen LogP contribution is 2.10. The summed E-state index contributed by atoms with van der Waals surface area (Å²) in [6.07, 6.45) is 0. The molecule has 23 heavy (non-hydrogen) atoms. The zero-order valence-electron chi connectivity index (χ0n) is 14.2. The summed E-state index contributed by atoms with van der Waals surface area (Å²) < 4.78 is 5.38. The molecule has 0 saturated carbocycles. The number of rotatable bonds is 6. The molecular weight excluding hydrogens is 403 g/mol. The van der Waals surface area contributed by atoms with Crippen molar-refractivity contribution in [3.8, 4) is 0 Å². The molecule has 0 spiro atoms. The van der Waals surface area contributed by atoms with Crippen molar-refractivity contribution in [2.45, 2.75) is 26.9 Å². The Labute approximate surface area is 156 Å². The van der Waals surface area contributed by atoms with E-state index in [9.17, 15) is 0 Å². The molecule has 0 radical (unpaired) electrons. The summed E-state index contributed by atoms with van der Waals surface area (Å²) in [5.74, 6) is 0.877. The molecule has 1 fully saturated rings. The quantitative estimate of drug-likeness (QED) is 0.411. The summed E-state index contributed by atoms with van der Waals surface area (Å²) in [6, 6.07) is 8.77. The van der Waals surface area contributed by atoms with Crippen LogP contribution in [0, 0.1) is 0 Å². The number of guanidine groups is 1. The van der Waals surface area contributed by atoms with Crippen LogP contribution in [0.1, 0.15) is 25.0 Å². The van der Waals surface area contributed by atoms with E-state index < -0.39 is 0 Å². The van der Waals surface area contributed by atoms with Crippen molar-refractivity contribution < 1.29 is 4.74 Å². The first-order valence-corrected chi connectivity index (χ1v) is 8.22. The van der Waals surface area contributed by atoms with Gasteiger partial charge in [0.15, 0.2) is 5.96 Å². The van der Waals surface area contributed by atoms with E-state index in [0.717, 1.165) is 51.9 Å². The molecule has 0 bridgehead atoms. The zero-order valence-corrected chi connectivity index (χ0v) is 16.5. The van der Waals surface area contributed by atoms with Gasteiger partial charge >= 0.3 is 0 Å². The predicted octanol–water partition coefficient (Wildman–Crippen LogP) is 2.21. The van der Waals surface area contributed by atoms with Gasteiger partial charge in [-0.15, -0.1) is 24.0 Å². The van der Waals surface area contributed by atoms with E-state index in [-0.39, 0.29) is 24.0 Å². The molecule has 1 aromatic rings. The average molecular weight is 432 g/mol. The Morgan fingerprint density at radius 1 is 1.04 bits per heavy atom. The molecule has 130 valence electrons. The van der Waals surface area contributed by atoms with Gasteiger partial charge in [0.05, 0.1) is 19.8 Å². The third-order valence-electron chi connectivity index (χ3n) is 3.64. The second-order valence-electron chi connectivity index (χ2n) is 5.43. The Morgan fingerprint density at radius 3 is 2.17 bits per heavy atom. The molecule has 0 atom stereocenters.